The average Bonchev–Trinajstić information content (AvgIpc) is 2.34. The number of carbonyl (C=O) groups excluding carboxylic acids is 1. The summed E-state index contributed by atoms with van der Waals surface area (Å²) in [5, 5.41) is 6.15. The minimum Gasteiger partial charge on any atom is -0.496 e. The summed E-state index contributed by atoms with van der Waals surface area (Å²) in [6.45, 7) is 6.43. The second-order valence-electron chi connectivity index (χ2n) is 5.66. The van der Waals surface area contributed by atoms with Gasteiger partial charge in [0, 0.05) is 30.6 Å². The first-order valence-electron chi connectivity index (χ1n) is 6.66. The number of rotatable bonds is 5. The number of nitrogens with one attached hydrogen (secondary N) is 2. The quantitative estimate of drug-likeness (QED) is 0.841. The second-order valence-corrected chi connectivity index (χ2v) is 5.66. The molecule has 0 spiro atoms. The molecule has 1 fully saturated rings. The monoisotopic (exact) mass is 262 g/mol. The zero-order chi connectivity index (χ0) is 13.9. The van der Waals surface area contributed by atoms with Gasteiger partial charge >= 0.3 is 0 Å². The molecule has 0 bridgehead atoms. The lowest BCUT2D eigenvalue weighted by Crippen LogP contribution is -2.52. The molecule has 2 rings (SSSR count). The number of amides is 1. The Kier molecular flexibility index (Phi) is 4.10. The molecule has 1 amide bonds. The first kappa shape index (κ1) is 13.9. The predicted octanol–water partition coefficient (Wildman–Crippen LogP) is 1.31. The van der Waals surface area contributed by atoms with Crippen LogP contribution in [0.2, 0.25) is 0 Å². The molecule has 0 radical (unpaired) electrons. The molecule has 4 heteroatoms. The standard InChI is InChI=1S/C15H22N2O2/c1-15(2,10-17-14(18)11-8-16-9-11)12-6-4-5-7-13(12)19-3/h4-7,11,16H,8-10H2,1-3H3,(H,17,18). The Bertz CT molecular complexity index is 453. The van der Waals surface area contributed by atoms with Crippen LogP contribution in [0.15, 0.2) is 24.3 Å². The topological polar surface area (TPSA) is 50.4 Å². The van der Waals surface area contributed by atoms with Crippen LogP contribution in [-0.4, -0.2) is 32.7 Å². The van der Waals surface area contributed by atoms with Crippen molar-refractivity contribution in [1.82, 2.24) is 10.6 Å². The van der Waals surface area contributed by atoms with Gasteiger partial charge in [-0.1, -0.05) is 32.0 Å². The van der Waals surface area contributed by atoms with Gasteiger partial charge in [0.15, 0.2) is 0 Å². The molecule has 1 heterocycles. The van der Waals surface area contributed by atoms with Gasteiger partial charge in [0.2, 0.25) is 5.91 Å². The number of hydrogen-bond acceptors (Lipinski definition) is 3. The van der Waals surface area contributed by atoms with Gasteiger partial charge in [-0.05, 0) is 6.07 Å². The van der Waals surface area contributed by atoms with Gasteiger partial charge in [0.25, 0.3) is 0 Å². The van der Waals surface area contributed by atoms with Gasteiger partial charge in [0.1, 0.15) is 5.75 Å². The molecule has 4 nitrogen and oxygen atoms in total. The smallest absolute Gasteiger partial charge is 0.225 e. The highest BCUT2D eigenvalue weighted by molar-refractivity contribution is 5.80. The van der Waals surface area contributed by atoms with Crippen LogP contribution >= 0.6 is 0 Å². The zero-order valence-electron chi connectivity index (χ0n) is 11.8. The maximum absolute atomic E-state index is 11.9. The highest BCUT2D eigenvalue weighted by atomic mass is 16.5. The summed E-state index contributed by atoms with van der Waals surface area (Å²) in [6.07, 6.45) is 0. The summed E-state index contributed by atoms with van der Waals surface area (Å²) in [4.78, 5) is 11.9. The molecule has 2 N–H and O–H groups in total. The van der Waals surface area contributed by atoms with Crippen molar-refractivity contribution < 1.29 is 9.53 Å². The molecule has 0 aromatic heterocycles. The lowest BCUT2D eigenvalue weighted by atomic mass is 9.83. The fourth-order valence-corrected chi connectivity index (χ4v) is 2.23. The number of hydrogen-bond donors (Lipinski definition) is 2. The Hall–Kier alpha value is -1.55. The third-order valence-corrected chi connectivity index (χ3v) is 3.69. The van der Waals surface area contributed by atoms with Crippen molar-refractivity contribution in [2.45, 2.75) is 19.3 Å². The van der Waals surface area contributed by atoms with E-state index in [9.17, 15) is 4.79 Å². The van der Waals surface area contributed by atoms with Gasteiger partial charge < -0.3 is 15.4 Å². The first-order valence-corrected chi connectivity index (χ1v) is 6.66. The number of methoxy groups -OCH3 is 1. The molecular formula is C15H22N2O2. The molecular weight excluding hydrogens is 240 g/mol. The lowest BCUT2D eigenvalue weighted by molar-refractivity contribution is -0.126. The van der Waals surface area contributed by atoms with E-state index in [0.717, 1.165) is 24.4 Å². The van der Waals surface area contributed by atoms with Crippen LogP contribution in [0.3, 0.4) is 0 Å². The molecule has 0 saturated carbocycles. The van der Waals surface area contributed by atoms with Crippen LogP contribution in [0.1, 0.15) is 19.4 Å². The molecule has 104 valence electrons. The summed E-state index contributed by atoms with van der Waals surface area (Å²) in [5.41, 5.74) is 0.962. The van der Waals surface area contributed by atoms with E-state index in [1.807, 2.05) is 18.2 Å². The van der Waals surface area contributed by atoms with E-state index >= 15 is 0 Å². The lowest BCUT2D eigenvalue weighted by Gasteiger charge is -2.30. The number of ether oxygens (including phenoxy) is 1. The van der Waals surface area contributed by atoms with Crippen LogP contribution in [0, 0.1) is 5.92 Å². The predicted molar refractivity (Wildman–Crippen MR) is 75.4 cm³/mol. The summed E-state index contributed by atoms with van der Waals surface area (Å²) >= 11 is 0. The van der Waals surface area contributed by atoms with Gasteiger partial charge in [-0.15, -0.1) is 0 Å². The maximum Gasteiger partial charge on any atom is 0.225 e. The first-order chi connectivity index (χ1) is 9.04. The van der Waals surface area contributed by atoms with E-state index in [1.165, 1.54) is 0 Å². The Morgan fingerprint density at radius 2 is 2.11 bits per heavy atom. The van der Waals surface area contributed by atoms with Crippen molar-refractivity contribution in [2.24, 2.45) is 5.92 Å². The molecule has 1 aliphatic rings. The van der Waals surface area contributed by atoms with Crippen LogP contribution in [0.5, 0.6) is 5.75 Å². The highest BCUT2D eigenvalue weighted by Gasteiger charge is 2.28. The number of benzene rings is 1. The van der Waals surface area contributed by atoms with Gasteiger partial charge in [-0.2, -0.15) is 0 Å². The van der Waals surface area contributed by atoms with Crippen molar-refractivity contribution in [2.75, 3.05) is 26.7 Å². The maximum atomic E-state index is 11.9. The third kappa shape index (κ3) is 3.07. The summed E-state index contributed by atoms with van der Waals surface area (Å²) < 4.78 is 5.40. The molecule has 19 heavy (non-hydrogen) atoms. The minimum atomic E-state index is -0.153. The Labute approximate surface area is 114 Å². The van der Waals surface area contributed by atoms with Crippen molar-refractivity contribution in [3.63, 3.8) is 0 Å². The van der Waals surface area contributed by atoms with Crippen molar-refractivity contribution in [3.05, 3.63) is 29.8 Å². The zero-order valence-corrected chi connectivity index (χ0v) is 11.8. The minimum absolute atomic E-state index is 0.133. The van der Waals surface area contributed by atoms with Crippen molar-refractivity contribution in [3.8, 4) is 5.75 Å². The van der Waals surface area contributed by atoms with Gasteiger partial charge in [0.05, 0.1) is 13.0 Å². The average molecular weight is 262 g/mol. The molecule has 0 atom stereocenters. The summed E-state index contributed by atoms with van der Waals surface area (Å²) in [5.74, 6) is 1.14. The third-order valence-electron chi connectivity index (χ3n) is 3.69. The summed E-state index contributed by atoms with van der Waals surface area (Å²) in [7, 11) is 1.67. The molecule has 0 unspecified atom stereocenters. The Morgan fingerprint density at radius 1 is 1.42 bits per heavy atom. The van der Waals surface area contributed by atoms with Crippen molar-refractivity contribution in [1.29, 1.82) is 0 Å². The largest absolute Gasteiger partial charge is 0.496 e. The van der Waals surface area contributed by atoms with E-state index in [2.05, 4.69) is 30.5 Å². The van der Waals surface area contributed by atoms with Crippen LogP contribution in [0.25, 0.3) is 0 Å². The van der Waals surface area contributed by atoms with Crippen LogP contribution in [-0.2, 0) is 10.2 Å². The van der Waals surface area contributed by atoms with E-state index in [-0.39, 0.29) is 17.2 Å². The molecule has 0 aliphatic carbocycles. The SMILES string of the molecule is COc1ccccc1C(C)(C)CNC(=O)C1CNC1. The van der Waals surface area contributed by atoms with E-state index in [1.54, 1.807) is 7.11 Å². The number of para-hydroxylation sites is 1. The molecule has 1 aliphatic heterocycles. The van der Waals surface area contributed by atoms with Crippen molar-refractivity contribution >= 4 is 5.91 Å². The van der Waals surface area contributed by atoms with Crippen LogP contribution in [0.4, 0.5) is 0 Å². The van der Waals surface area contributed by atoms with Gasteiger partial charge in [-0.3, -0.25) is 4.79 Å². The molecule has 1 aromatic rings. The Balaban J connectivity index is 2.02. The van der Waals surface area contributed by atoms with E-state index in [0.29, 0.717) is 6.54 Å². The number of carbonyl (C=O) groups is 1. The second kappa shape index (κ2) is 5.61. The van der Waals surface area contributed by atoms with Gasteiger partial charge in [-0.25, -0.2) is 0 Å². The summed E-state index contributed by atoms with van der Waals surface area (Å²) in [6, 6.07) is 7.96. The fraction of sp³-hybridized carbons (Fsp3) is 0.533. The Morgan fingerprint density at radius 3 is 2.68 bits per heavy atom. The van der Waals surface area contributed by atoms with Crippen LogP contribution < -0.4 is 15.4 Å². The van der Waals surface area contributed by atoms with E-state index < -0.39 is 0 Å². The highest BCUT2D eigenvalue weighted by Crippen LogP contribution is 2.30. The fourth-order valence-electron chi connectivity index (χ4n) is 2.23. The van der Waals surface area contributed by atoms with E-state index in [4.69, 9.17) is 4.74 Å². The normalized spacial score (nSPS) is 15.7. The molecule has 1 saturated heterocycles. The molecule has 1 aromatic carbocycles.